The number of hydrogen-bond acceptors (Lipinski definition) is 2. The minimum Gasteiger partial charge on any atom is -0.342 e. The highest BCUT2D eigenvalue weighted by Gasteiger charge is 2.50. The summed E-state index contributed by atoms with van der Waals surface area (Å²) in [6, 6.07) is 3.84. The molecule has 1 aliphatic heterocycles. The SMILES string of the molecule is Cl.NC1CCC2CN(C(=O)C3CC3c3ccc(F)cc3F)CC12. The maximum atomic E-state index is 13.8. The molecule has 3 aliphatic rings. The van der Waals surface area contributed by atoms with Crippen LogP contribution in [0.5, 0.6) is 0 Å². The number of halogens is 3. The van der Waals surface area contributed by atoms with Gasteiger partial charge in [-0.25, -0.2) is 8.78 Å². The molecule has 5 atom stereocenters. The fourth-order valence-electron chi connectivity index (χ4n) is 4.34. The van der Waals surface area contributed by atoms with Crippen molar-refractivity contribution in [3.8, 4) is 0 Å². The Bertz CT molecular complexity index is 627. The fourth-order valence-corrected chi connectivity index (χ4v) is 4.34. The Labute approximate surface area is 140 Å². The van der Waals surface area contributed by atoms with Crippen LogP contribution in [0, 0.1) is 29.4 Å². The first-order valence-electron chi connectivity index (χ1n) is 8.04. The zero-order valence-electron chi connectivity index (χ0n) is 12.8. The van der Waals surface area contributed by atoms with Crippen LogP contribution in [0.3, 0.4) is 0 Å². The van der Waals surface area contributed by atoms with Gasteiger partial charge in [-0.1, -0.05) is 6.07 Å². The highest BCUT2D eigenvalue weighted by molar-refractivity contribution is 5.85. The number of likely N-dealkylation sites (tertiary alicyclic amines) is 1. The van der Waals surface area contributed by atoms with E-state index in [1.807, 2.05) is 4.90 Å². The Morgan fingerprint density at radius 1 is 1.22 bits per heavy atom. The van der Waals surface area contributed by atoms with E-state index in [-0.39, 0.29) is 36.2 Å². The van der Waals surface area contributed by atoms with Crippen molar-refractivity contribution in [3.05, 3.63) is 35.4 Å². The molecule has 1 aromatic rings. The highest BCUT2D eigenvalue weighted by atomic mass is 35.5. The number of nitrogens with zero attached hydrogens (tertiary/aromatic N) is 1. The third kappa shape index (κ3) is 2.85. The van der Waals surface area contributed by atoms with Gasteiger partial charge in [-0.3, -0.25) is 4.79 Å². The molecule has 2 aliphatic carbocycles. The number of fused-ring (bicyclic) bond motifs is 1. The largest absolute Gasteiger partial charge is 0.342 e. The van der Waals surface area contributed by atoms with Crippen LogP contribution in [0.2, 0.25) is 0 Å². The number of hydrogen-bond donors (Lipinski definition) is 1. The average Bonchev–Trinajstić information content (AvgIpc) is 3.01. The summed E-state index contributed by atoms with van der Waals surface area (Å²) in [4.78, 5) is 14.5. The lowest BCUT2D eigenvalue weighted by atomic mass is 9.98. The molecule has 0 spiro atoms. The van der Waals surface area contributed by atoms with Crippen molar-refractivity contribution in [1.29, 1.82) is 0 Å². The van der Waals surface area contributed by atoms with E-state index in [9.17, 15) is 13.6 Å². The average molecular weight is 343 g/mol. The molecule has 23 heavy (non-hydrogen) atoms. The summed E-state index contributed by atoms with van der Waals surface area (Å²) in [7, 11) is 0. The predicted octanol–water partition coefficient (Wildman–Crippen LogP) is 2.69. The predicted molar refractivity (Wildman–Crippen MR) is 85.2 cm³/mol. The molecule has 1 amide bonds. The molecular weight excluding hydrogens is 322 g/mol. The van der Waals surface area contributed by atoms with Crippen LogP contribution < -0.4 is 5.73 Å². The molecule has 5 unspecified atom stereocenters. The van der Waals surface area contributed by atoms with E-state index in [1.165, 1.54) is 12.1 Å². The smallest absolute Gasteiger partial charge is 0.226 e. The number of rotatable bonds is 2. The van der Waals surface area contributed by atoms with Gasteiger partial charge in [0, 0.05) is 31.1 Å². The number of carbonyl (C=O) groups excluding carboxylic acids is 1. The molecule has 3 nitrogen and oxygen atoms in total. The van der Waals surface area contributed by atoms with Crippen molar-refractivity contribution < 1.29 is 13.6 Å². The van der Waals surface area contributed by atoms with Crippen molar-refractivity contribution in [2.75, 3.05) is 13.1 Å². The summed E-state index contributed by atoms with van der Waals surface area (Å²) < 4.78 is 26.8. The van der Waals surface area contributed by atoms with Crippen molar-refractivity contribution in [2.24, 2.45) is 23.5 Å². The van der Waals surface area contributed by atoms with Crippen LogP contribution in [-0.4, -0.2) is 29.9 Å². The summed E-state index contributed by atoms with van der Waals surface area (Å²) in [5.74, 6) is -0.262. The lowest BCUT2D eigenvalue weighted by molar-refractivity contribution is -0.131. The summed E-state index contributed by atoms with van der Waals surface area (Å²) >= 11 is 0. The van der Waals surface area contributed by atoms with Crippen LogP contribution in [0.1, 0.15) is 30.7 Å². The Balaban J connectivity index is 0.00000156. The molecule has 0 radical (unpaired) electrons. The molecule has 6 heteroatoms. The molecule has 0 aromatic heterocycles. The second kappa shape index (κ2) is 6.02. The number of nitrogens with two attached hydrogens (primary N) is 1. The highest BCUT2D eigenvalue weighted by Crippen LogP contribution is 2.50. The van der Waals surface area contributed by atoms with Crippen LogP contribution in [-0.2, 0) is 4.79 Å². The van der Waals surface area contributed by atoms with E-state index in [0.717, 1.165) is 32.0 Å². The first-order valence-corrected chi connectivity index (χ1v) is 8.04. The van der Waals surface area contributed by atoms with Crippen molar-refractivity contribution in [1.82, 2.24) is 4.90 Å². The molecular formula is C17H21ClF2N2O. The molecule has 1 heterocycles. The van der Waals surface area contributed by atoms with Crippen molar-refractivity contribution in [2.45, 2.75) is 31.2 Å². The van der Waals surface area contributed by atoms with Gasteiger partial charge in [0.1, 0.15) is 11.6 Å². The van der Waals surface area contributed by atoms with E-state index in [0.29, 0.717) is 23.8 Å². The summed E-state index contributed by atoms with van der Waals surface area (Å²) in [5.41, 5.74) is 6.57. The zero-order valence-corrected chi connectivity index (χ0v) is 13.6. The minimum atomic E-state index is -0.578. The number of amides is 1. The second-order valence-corrected chi connectivity index (χ2v) is 7.02. The van der Waals surface area contributed by atoms with Gasteiger partial charge in [0.15, 0.2) is 0 Å². The number of benzene rings is 1. The van der Waals surface area contributed by atoms with Gasteiger partial charge in [0.2, 0.25) is 5.91 Å². The zero-order chi connectivity index (χ0) is 15.4. The first kappa shape index (κ1) is 16.7. The first-order chi connectivity index (χ1) is 10.5. The fraction of sp³-hybridized carbons (Fsp3) is 0.588. The molecule has 0 bridgehead atoms. The lowest BCUT2D eigenvalue weighted by Gasteiger charge is -2.19. The van der Waals surface area contributed by atoms with Gasteiger partial charge in [-0.15, -0.1) is 12.4 Å². The topological polar surface area (TPSA) is 46.3 Å². The van der Waals surface area contributed by atoms with E-state index >= 15 is 0 Å². The second-order valence-electron chi connectivity index (χ2n) is 7.02. The molecule has 1 saturated heterocycles. The van der Waals surface area contributed by atoms with E-state index in [1.54, 1.807) is 0 Å². The van der Waals surface area contributed by atoms with Crippen molar-refractivity contribution in [3.63, 3.8) is 0 Å². The molecule has 4 rings (SSSR count). The normalized spacial score (nSPS) is 34.9. The summed E-state index contributed by atoms with van der Waals surface area (Å²) in [5, 5.41) is 0. The number of carbonyl (C=O) groups is 1. The van der Waals surface area contributed by atoms with Gasteiger partial charge < -0.3 is 10.6 Å². The van der Waals surface area contributed by atoms with Crippen LogP contribution in [0.25, 0.3) is 0 Å². The van der Waals surface area contributed by atoms with E-state index < -0.39 is 11.6 Å². The van der Waals surface area contributed by atoms with Crippen LogP contribution in [0.15, 0.2) is 18.2 Å². The third-order valence-corrected chi connectivity index (χ3v) is 5.69. The molecule has 3 fully saturated rings. The van der Waals surface area contributed by atoms with Gasteiger partial charge in [0.05, 0.1) is 0 Å². The Hall–Kier alpha value is -1.20. The Kier molecular flexibility index (Phi) is 4.36. The van der Waals surface area contributed by atoms with Crippen molar-refractivity contribution >= 4 is 18.3 Å². The molecule has 1 aromatic carbocycles. The quantitative estimate of drug-likeness (QED) is 0.898. The van der Waals surface area contributed by atoms with Gasteiger partial charge in [-0.2, -0.15) is 0 Å². The summed E-state index contributed by atoms with van der Waals surface area (Å²) in [6.45, 7) is 1.55. The Morgan fingerprint density at radius 3 is 2.70 bits per heavy atom. The summed E-state index contributed by atoms with van der Waals surface area (Å²) in [6.07, 6.45) is 2.83. The van der Waals surface area contributed by atoms with E-state index in [2.05, 4.69) is 0 Å². The lowest BCUT2D eigenvalue weighted by Crippen LogP contribution is -2.34. The van der Waals surface area contributed by atoms with Gasteiger partial charge >= 0.3 is 0 Å². The van der Waals surface area contributed by atoms with Crippen LogP contribution >= 0.6 is 12.4 Å². The maximum Gasteiger partial charge on any atom is 0.226 e. The monoisotopic (exact) mass is 342 g/mol. The third-order valence-electron chi connectivity index (χ3n) is 5.69. The van der Waals surface area contributed by atoms with Crippen LogP contribution in [0.4, 0.5) is 8.78 Å². The minimum absolute atomic E-state index is 0. The van der Waals surface area contributed by atoms with Gasteiger partial charge in [-0.05, 0) is 48.6 Å². The molecule has 2 N–H and O–H groups in total. The van der Waals surface area contributed by atoms with Gasteiger partial charge in [0.25, 0.3) is 0 Å². The Morgan fingerprint density at radius 2 is 2.00 bits per heavy atom. The maximum absolute atomic E-state index is 13.8. The molecule has 126 valence electrons. The molecule has 2 saturated carbocycles. The van der Waals surface area contributed by atoms with E-state index in [4.69, 9.17) is 5.73 Å². The standard InChI is InChI=1S/C17H20F2N2O.ClH/c18-10-2-3-11(15(19)5-10)12-6-13(12)17(22)21-7-9-1-4-16(20)14(9)8-21;/h2-3,5,9,12-14,16H,1,4,6-8,20H2;1H.